The van der Waals surface area contributed by atoms with Crippen molar-refractivity contribution in [1.29, 1.82) is 0 Å². The van der Waals surface area contributed by atoms with Crippen LogP contribution in [0.1, 0.15) is 90.4 Å². The van der Waals surface area contributed by atoms with E-state index in [9.17, 15) is 19.2 Å². The molecule has 0 radical (unpaired) electrons. The molecule has 2 heterocycles. The van der Waals surface area contributed by atoms with E-state index in [2.05, 4.69) is 4.90 Å². The van der Waals surface area contributed by atoms with E-state index in [4.69, 9.17) is 0 Å². The number of hydrogen-bond donors (Lipinski definition) is 0. The first-order valence-electron chi connectivity index (χ1n) is 13.4. The van der Waals surface area contributed by atoms with Gasteiger partial charge in [-0.05, 0) is 64.0 Å². The van der Waals surface area contributed by atoms with Crippen LogP contribution in [0.4, 0.5) is 4.79 Å². The molecule has 4 amide bonds. The number of carbonyl (C=O) groups excluding carboxylic acids is 4. The molecule has 0 aromatic carbocycles. The number of piperidine rings is 1. The Hall–Kier alpha value is -2.02. The van der Waals surface area contributed by atoms with Crippen LogP contribution >= 0.6 is 0 Å². The van der Waals surface area contributed by atoms with Crippen LogP contribution in [0.5, 0.6) is 0 Å². The molecule has 0 spiro atoms. The van der Waals surface area contributed by atoms with Crippen molar-refractivity contribution < 1.29 is 19.2 Å². The fourth-order valence-corrected chi connectivity index (χ4v) is 6.45. The monoisotopic (exact) mass is 471 g/mol. The van der Waals surface area contributed by atoms with E-state index in [1.807, 2.05) is 6.08 Å². The van der Waals surface area contributed by atoms with Gasteiger partial charge in [0, 0.05) is 25.6 Å². The minimum absolute atomic E-state index is 0.0556. The van der Waals surface area contributed by atoms with Crippen molar-refractivity contribution in [3.63, 3.8) is 0 Å². The molecule has 2 unspecified atom stereocenters. The molecule has 188 valence electrons. The van der Waals surface area contributed by atoms with Crippen molar-refractivity contribution in [1.82, 2.24) is 14.7 Å². The molecule has 7 heteroatoms. The Balaban J connectivity index is 1.44. The normalized spacial score (nSPS) is 30.7. The summed E-state index contributed by atoms with van der Waals surface area (Å²) in [6.45, 7) is 3.13. The number of imide groups is 2. The van der Waals surface area contributed by atoms with Crippen LogP contribution in [0.3, 0.4) is 0 Å². The van der Waals surface area contributed by atoms with E-state index in [0.29, 0.717) is 12.5 Å². The predicted molar refractivity (Wildman–Crippen MR) is 130 cm³/mol. The molecule has 2 atom stereocenters. The number of Topliss-reactive ketones (excluding diaryl/α,β-unsaturated/α-hetero) is 1. The van der Waals surface area contributed by atoms with Crippen LogP contribution in [0.2, 0.25) is 0 Å². The van der Waals surface area contributed by atoms with Crippen LogP contribution in [-0.4, -0.2) is 71.1 Å². The minimum atomic E-state index is -1.38. The van der Waals surface area contributed by atoms with E-state index in [-0.39, 0.29) is 18.2 Å². The van der Waals surface area contributed by atoms with Crippen molar-refractivity contribution in [2.24, 2.45) is 11.3 Å². The highest BCUT2D eigenvalue weighted by molar-refractivity contribution is 6.21. The topological polar surface area (TPSA) is 78.0 Å². The van der Waals surface area contributed by atoms with Crippen molar-refractivity contribution in [2.75, 3.05) is 26.7 Å². The number of hydrogen-bond acceptors (Lipinski definition) is 5. The van der Waals surface area contributed by atoms with Gasteiger partial charge in [-0.3, -0.25) is 29.1 Å². The zero-order chi connectivity index (χ0) is 24.3. The summed E-state index contributed by atoms with van der Waals surface area (Å²) in [6, 6.07) is -0.142. The molecule has 3 fully saturated rings. The Morgan fingerprint density at radius 2 is 1.62 bits per heavy atom. The number of ketones is 1. The third kappa shape index (κ3) is 4.86. The third-order valence-corrected chi connectivity index (χ3v) is 8.67. The largest absolute Gasteiger partial charge is 0.333 e. The fraction of sp³-hybridized carbons (Fsp3) is 0.778. The summed E-state index contributed by atoms with van der Waals surface area (Å²) in [5, 5.41) is 0. The molecule has 2 aliphatic carbocycles. The average molecular weight is 472 g/mol. The zero-order valence-corrected chi connectivity index (χ0v) is 21.0. The summed E-state index contributed by atoms with van der Waals surface area (Å²) in [6.07, 6.45) is 16.3. The number of carbonyl (C=O) groups is 4. The summed E-state index contributed by atoms with van der Waals surface area (Å²) >= 11 is 0. The molecule has 0 aromatic heterocycles. The second-order valence-electron chi connectivity index (χ2n) is 10.9. The van der Waals surface area contributed by atoms with Gasteiger partial charge in [0.1, 0.15) is 5.41 Å². The van der Waals surface area contributed by atoms with E-state index in [1.165, 1.54) is 58.4 Å². The highest BCUT2D eigenvalue weighted by Gasteiger charge is 2.55. The summed E-state index contributed by atoms with van der Waals surface area (Å²) in [4.78, 5) is 57.4. The van der Waals surface area contributed by atoms with Gasteiger partial charge in [0.25, 0.3) is 5.91 Å². The van der Waals surface area contributed by atoms with Crippen molar-refractivity contribution in [3.05, 3.63) is 11.6 Å². The molecule has 34 heavy (non-hydrogen) atoms. The molecule has 4 rings (SSSR count). The lowest BCUT2D eigenvalue weighted by molar-refractivity contribution is -0.155. The number of nitrogens with zero attached hydrogens (tertiary/aromatic N) is 3. The van der Waals surface area contributed by atoms with Crippen LogP contribution in [0.25, 0.3) is 0 Å². The first-order chi connectivity index (χ1) is 16.3. The quantitative estimate of drug-likeness (QED) is 0.441. The molecule has 0 aromatic rings. The first kappa shape index (κ1) is 25.1. The minimum Gasteiger partial charge on any atom is -0.300 e. The van der Waals surface area contributed by atoms with Gasteiger partial charge in [-0.2, -0.15) is 0 Å². The first-order valence-corrected chi connectivity index (χ1v) is 13.4. The Morgan fingerprint density at radius 1 is 0.941 bits per heavy atom. The molecule has 1 saturated carbocycles. The predicted octanol–water partition coefficient (Wildman–Crippen LogP) is 4.31. The van der Waals surface area contributed by atoms with Crippen LogP contribution in [0.15, 0.2) is 11.6 Å². The molecule has 0 bridgehead atoms. The molecule has 2 aliphatic heterocycles. The number of allylic oxidation sites excluding steroid dienone is 1. The lowest BCUT2D eigenvalue weighted by Crippen LogP contribution is -2.64. The van der Waals surface area contributed by atoms with E-state index in [1.54, 1.807) is 6.92 Å². The fourth-order valence-electron chi connectivity index (χ4n) is 6.45. The van der Waals surface area contributed by atoms with Gasteiger partial charge in [0.15, 0.2) is 5.78 Å². The van der Waals surface area contributed by atoms with Crippen molar-refractivity contribution in [3.8, 4) is 0 Å². The average Bonchev–Trinajstić information content (AvgIpc) is 3.43. The van der Waals surface area contributed by atoms with Crippen molar-refractivity contribution >= 4 is 23.6 Å². The summed E-state index contributed by atoms with van der Waals surface area (Å²) in [5.41, 5.74) is -0.599. The summed E-state index contributed by atoms with van der Waals surface area (Å²) in [7, 11) is 1.42. The smallest absolute Gasteiger partial charge is 0.300 e. The van der Waals surface area contributed by atoms with Gasteiger partial charge in [-0.15, -0.1) is 0 Å². The van der Waals surface area contributed by atoms with E-state index < -0.39 is 23.3 Å². The Morgan fingerprint density at radius 3 is 2.26 bits per heavy atom. The number of urea groups is 1. The molecule has 7 nitrogen and oxygen atoms in total. The molecular formula is C27H41N3O4. The van der Waals surface area contributed by atoms with Crippen molar-refractivity contribution in [2.45, 2.75) is 96.4 Å². The van der Waals surface area contributed by atoms with Gasteiger partial charge in [-0.25, -0.2) is 4.79 Å². The highest BCUT2D eigenvalue weighted by atomic mass is 16.2. The van der Waals surface area contributed by atoms with Gasteiger partial charge >= 0.3 is 6.03 Å². The molecule has 0 N–H and O–H groups in total. The summed E-state index contributed by atoms with van der Waals surface area (Å²) < 4.78 is 0. The lowest BCUT2D eigenvalue weighted by Gasteiger charge is -2.42. The molecular weight excluding hydrogens is 430 g/mol. The Labute approximate surface area is 203 Å². The van der Waals surface area contributed by atoms with Crippen LogP contribution < -0.4 is 0 Å². The molecule has 4 aliphatic rings. The Kier molecular flexibility index (Phi) is 7.90. The van der Waals surface area contributed by atoms with Gasteiger partial charge < -0.3 is 0 Å². The number of amides is 4. The maximum atomic E-state index is 13.5. The number of likely N-dealkylation sites (tertiary alicyclic amines) is 1. The maximum Gasteiger partial charge on any atom is 0.333 e. The van der Waals surface area contributed by atoms with Gasteiger partial charge in [0.2, 0.25) is 5.91 Å². The van der Waals surface area contributed by atoms with E-state index >= 15 is 0 Å². The second-order valence-corrected chi connectivity index (χ2v) is 10.9. The highest BCUT2D eigenvalue weighted by Crippen LogP contribution is 2.41. The lowest BCUT2D eigenvalue weighted by atomic mass is 9.77. The van der Waals surface area contributed by atoms with Crippen LogP contribution in [-0.2, 0) is 14.4 Å². The second kappa shape index (κ2) is 10.7. The van der Waals surface area contributed by atoms with E-state index in [0.717, 1.165) is 54.1 Å². The maximum absolute atomic E-state index is 13.5. The number of rotatable bonds is 5. The zero-order valence-electron chi connectivity index (χ0n) is 21.0. The third-order valence-electron chi connectivity index (χ3n) is 8.67. The SMILES string of the molecule is CN1C(=O)N(CC(=O)C2CCCN(C3CCCCCCCC3)C2)C(=O)C(C)(C2=CCCC2)C1=O. The van der Waals surface area contributed by atoms with Gasteiger partial charge in [0.05, 0.1) is 6.54 Å². The van der Waals surface area contributed by atoms with Gasteiger partial charge in [-0.1, -0.05) is 44.6 Å². The Bertz CT molecular complexity index is 843. The van der Waals surface area contributed by atoms with Crippen LogP contribution in [0, 0.1) is 11.3 Å². The molecule has 2 saturated heterocycles. The summed E-state index contributed by atoms with van der Waals surface area (Å²) in [5.74, 6) is -1.24. The standard InChI is InChI=1S/C27H41N3O4/c1-27(21-13-9-10-14-21)24(32)28(2)26(34)30(25(27)33)19-23(31)20-12-11-17-29(18-20)22-15-7-5-3-4-6-8-16-22/h13,20,22H,3-12,14-19H2,1-2H3. The number of barbiturate groups is 1.